The van der Waals surface area contributed by atoms with Crippen LogP contribution in [0.25, 0.3) is 11.3 Å². The van der Waals surface area contributed by atoms with Crippen molar-refractivity contribution < 1.29 is 28.7 Å². The predicted octanol–water partition coefficient (Wildman–Crippen LogP) is 4.71. The van der Waals surface area contributed by atoms with E-state index in [0.29, 0.717) is 35.9 Å². The predicted molar refractivity (Wildman–Crippen MR) is 129 cm³/mol. The lowest BCUT2D eigenvalue weighted by Gasteiger charge is -2.12. The monoisotopic (exact) mass is 488 g/mol. The molecule has 1 aromatic carbocycles. The normalized spacial score (nSPS) is 11.5. The minimum Gasteiger partial charge on any atom is -0.481 e. The quantitative estimate of drug-likeness (QED) is 0.325. The number of hydrogen-bond acceptors (Lipinski definition) is 8. The van der Waals surface area contributed by atoms with Gasteiger partial charge in [0.25, 0.3) is 0 Å². The minimum atomic E-state index is -1.06. The summed E-state index contributed by atoms with van der Waals surface area (Å²) in [5, 5.41) is 15.5. The van der Waals surface area contributed by atoms with Crippen molar-refractivity contribution in [3.63, 3.8) is 0 Å². The fraction of sp³-hybridized carbons (Fsp3) is 0.192. The number of hydrogen-bond donors (Lipinski definition) is 2. The van der Waals surface area contributed by atoms with Gasteiger partial charge in [-0.1, -0.05) is 35.5 Å². The van der Waals surface area contributed by atoms with Crippen LogP contribution in [-0.4, -0.2) is 38.4 Å². The third-order valence-corrected chi connectivity index (χ3v) is 5.06. The van der Waals surface area contributed by atoms with E-state index in [1.165, 1.54) is 13.1 Å². The Kier molecular flexibility index (Phi) is 7.87. The van der Waals surface area contributed by atoms with Gasteiger partial charge in [0.05, 0.1) is 17.7 Å². The van der Waals surface area contributed by atoms with Crippen LogP contribution >= 0.6 is 0 Å². The molecule has 0 saturated carbocycles. The molecule has 0 radical (unpaired) electrons. The molecule has 2 N–H and O–H groups in total. The third kappa shape index (κ3) is 6.89. The van der Waals surface area contributed by atoms with E-state index < -0.39 is 18.2 Å². The molecule has 3 aromatic heterocycles. The molecule has 0 aliphatic carbocycles. The van der Waals surface area contributed by atoms with Crippen molar-refractivity contribution in [3.8, 4) is 17.2 Å². The van der Waals surface area contributed by atoms with Gasteiger partial charge in [-0.25, -0.2) is 14.8 Å². The number of anilines is 1. The molecule has 0 aliphatic heterocycles. The van der Waals surface area contributed by atoms with Crippen molar-refractivity contribution in [1.29, 1.82) is 0 Å². The molecule has 36 heavy (non-hydrogen) atoms. The van der Waals surface area contributed by atoms with E-state index in [-0.39, 0.29) is 12.2 Å². The third-order valence-electron chi connectivity index (χ3n) is 5.06. The maximum atomic E-state index is 12.2. The summed E-state index contributed by atoms with van der Waals surface area (Å²) in [5.41, 5.74) is 3.27. The van der Waals surface area contributed by atoms with Crippen LogP contribution in [0.5, 0.6) is 5.88 Å². The number of carbonyl (C=O) groups excluding carboxylic acids is 1. The fourth-order valence-electron chi connectivity index (χ4n) is 3.37. The number of carbonyl (C=O) groups is 2. The molecular formula is C26H24N4O6. The number of benzene rings is 1. The summed E-state index contributed by atoms with van der Waals surface area (Å²) >= 11 is 0. The molecule has 0 bridgehead atoms. The minimum absolute atomic E-state index is 0.213. The zero-order valence-electron chi connectivity index (χ0n) is 19.5. The molecule has 0 spiro atoms. The summed E-state index contributed by atoms with van der Waals surface area (Å²) in [6, 6.07) is 18.7. The van der Waals surface area contributed by atoms with Gasteiger partial charge in [-0.3, -0.25) is 10.1 Å². The molecule has 184 valence electrons. The van der Waals surface area contributed by atoms with Crippen molar-refractivity contribution in [1.82, 2.24) is 15.1 Å². The second-order valence-electron chi connectivity index (χ2n) is 7.97. The molecule has 4 rings (SSSR count). The average molecular weight is 489 g/mol. The van der Waals surface area contributed by atoms with Crippen molar-refractivity contribution >= 4 is 17.9 Å². The average Bonchev–Trinajstić information content (AvgIpc) is 3.32. The van der Waals surface area contributed by atoms with E-state index in [1.807, 2.05) is 42.5 Å². The smallest absolute Gasteiger partial charge is 0.413 e. The van der Waals surface area contributed by atoms with E-state index in [4.69, 9.17) is 19.1 Å². The SMILES string of the molecule is C[C@@H](CC(=O)O)OC(=O)Nc1ncccc1-c1cc(Cc2ccc(COc3ccccn3)cc2)no1. The molecule has 10 heteroatoms. The van der Waals surface area contributed by atoms with Crippen LogP contribution in [0.3, 0.4) is 0 Å². The number of rotatable bonds is 10. The van der Waals surface area contributed by atoms with E-state index in [9.17, 15) is 9.59 Å². The van der Waals surface area contributed by atoms with Gasteiger partial charge in [-0.15, -0.1) is 0 Å². The summed E-state index contributed by atoms with van der Waals surface area (Å²) < 4.78 is 16.2. The fourth-order valence-corrected chi connectivity index (χ4v) is 3.37. The maximum absolute atomic E-state index is 12.2. The molecule has 0 saturated heterocycles. The van der Waals surface area contributed by atoms with Crippen LogP contribution in [0.1, 0.15) is 30.2 Å². The lowest BCUT2D eigenvalue weighted by molar-refractivity contribution is -0.138. The first kappa shape index (κ1) is 24.4. The largest absolute Gasteiger partial charge is 0.481 e. The Balaban J connectivity index is 1.37. The summed E-state index contributed by atoms with van der Waals surface area (Å²) in [6.45, 7) is 1.91. The number of aliphatic carboxylic acids is 1. The van der Waals surface area contributed by atoms with Gasteiger partial charge in [-0.05, 0) is 36.2 Å². The van der Waals surface area contributed by atoms with Gasteiger partial charge < -0.3 is 19.1 Å². The highest BCUT2D eigenvalue weighted by molar-refractivity contribution is 5.88. The lowest BCUT2D eigenvalue weighted by Crippen LogP contribution is -2.23. The van der Waals surface area contributed by atoms with E-state index in [2.05, 4.69) is 20.4 Å². The van der Waals surface area contributed by atoms with Gasteiger partial charge >= 0.3 is 12.1 Å². The summed E-state index contributed by atoms with van der Waals surface area (Å²) in [7, 11) is 0. The molecule has 10 nitrogen and oxygen atoms in total. The van der Waals surface area contributed by atoms with Crippen LogP contribution < -0.4 is 10.1 Å². The highest BCUT2D eigenvalue weighted by atomic mass is 16.6. The Morgan fingerprint density at radius 3 is 2.56 bits per heavy atom. The van der Waals surface area contributed by atoms with Gasteiger partial charge in [0.1, 0.15) is 18.5 Å². The summed E-state index contributed by atoms with van der Waals surface area (Å²) in [4.78, 5) is 31.2. The second kappa shape index (κ2) is 11.6. The van der Waals surface area contributed by atoms with Crippen LogP contribution in [-0.2, 0) is 22.6 Å². The first-order valence-corrected chi connectivity index (χ1v) is 11.2. The molecule has 1 amide bonds. The maximum Gasteiger partial charge on any atom is 0.413 e. The lowest BCUT2D eigenvalue weighted by atomic mass is 10.1. The van der Waals surface area contributed by atoms with Crippen LogP contribution in [0.4, 0.5) is 10.6 Å². The number of ether oxygens (including phenoxy) is 2. The van der Waals surface area contributed by atoms with E-state index in [1.54, 1.807) is 24.4 Å². The molecule has 3 heterocycles. The van der Waals surface area contributed by atoms with Crippen molar-refractivity contribution in [2.24, 2.45) is 0 Å². The molecular weight excluding hydrogens is 464 g/mol. The Labute approximate surface area is 206 Å². The van der Waals surface area contributed by atoms with E-state index >= 15 is 0 Å². The van der Waals surface area contributed by atoms with Gasteiger partial charge in [0.2, 0.25) is 5.88 Å². The van der Waals surface area contributed by atoms with Gasteiger partial charge in [0.15, 0.2) is 5.76 Å². The van der Waals surface area contributed by atoms with E-state index in [0.717, 1.165) is 11.1 Å². The van der Waals surface area contributed by atoms with Crippen LogP contribution in [0.2, 0.25) is 0 Å². The Morgan fingerprint density at radius 1 is 1.03 bits per heavy atom. The van der Waals surface area contributed by atoms with Crippen LogP contribution in [0.15, 0.2) is 77.6 Å². The number of nitrogens with one attached hydrogen (secondary N) is 1. The van der Waals surface area contributed by atoms with Gasteiger partial charge in [-0.2, -0.15) is 0 Å². The number of nitrogens with zero attached hydrogens (tertiary/aromatic N) is 3. The Morgan fingerprint density at radius 2 is 1.81 bits per heavy atom. The summed E-state index contributed by atoms with van der Waals surface area (Å²) in [5.74, 6) is 0.150. The highest BCUT2D eigenvalue weighted by Gasteiger charge is 2.17. The molecule has 0 unspecified atom stereocenters. The standard InChI is InChI=1S/C26H24N4O6/c1-17(13-24(31)32)35-26(33)29-25-21(5-4-12-28-25)22-15-20(30-36-22)14-18-7-9-19(10-8-18)16-34-23-6-2-3-11-27-23/h2-12,15,17H,13-14,16H2,1H3,(H,31,32)(H,28,29,33)/t17-/m0/s1. The number of amides is 1. The van der Waals surface area contributed by atoms with Crippen molar-refractivity contribution in [2.45, 2.75) is 32.5 Å². The van der Waals surface area contributed by atoms with Crippen molar-refractivity contribution in [3.05, 3.63) is 89.9 Å². The molecule has 0 fully saturated rings. The Hall–Kier alpha value is -4.73. The number of carboxylic acids is 1. The molecule has 0 aliphatic rings. The topological polar surface area (TPSA) is 137 Å². The van der Waals surface area contributed by atoms with Crippen molar-refractivity contribution in [2.75, 3.05) is 5.32 Å². The second-order valence-corrected chi connectivity index (χ2v) is 7.97. The van der Waals surface area contributed by atoms with Crippen LogP contribution in [0, 0.1) is 0 Å². The zero-order valence-corrected chi connectivity index (χ0v) is 19.5. The Bertz CT molecular complexity index is 1310. The molecule has 4 aromatic rings. The number of carboxylic acid groups (broad SMARTS) is 1. The first-order valence-electron chi connectivity index (χ1n) is 11.2. The summed E-state index contributed by atoms with van der Waals surface area (Å²) in [6.07, 6.45) is 1.84. The zero-order chi connectivity index (χ0) is 25.3. The van der Waals surface area contributed by atoms with Gasteiger partial charge in [0, 0.05) is 30.9 Å². The number of aromatic nitrogens is 3. The highest BCUT2D eigenvalue weighted by Crippen LogP contribution is 2.27. The first-order chi connectivity index (χ1) is 17.5. The number of pyridine rings is 2. The molecule has 1 atom stereocenters.